The Bertz CT molecular complexity index is 2300. The topological polar surface area (TPSA) is 111 Å². The summed E-state index contributed by atoms with van der Waals surface area (Å²) in [5.41, 5.74) is 4.27. The van der Waals surface area contributed by atoms with Crippen molar-refractivity contribution < 1.29 is 19.8 Å². The number of rotatable bonds is 18. The summed E-state index contributed by atoms with van der Waals surface area (Å²) in [6.07, 6.45) is 5.53. The molecule has 0 unspecified atom stereocenters. The predicted molar refractivity (Wildman–Crippen MR) is 249 cm³/mol. The third kappa shape index (κ3) is 8.55. The molecule has 1 saturated carbocycles. The van der Waals surface area contributed by atoms with E-state index in [0.29, 0.717) is 22.5 Å². The van der Waals surface area contributed by atoms with Crippen molar-refractivity contribution in [2.75, 3.05) is 46.6 Å². The van der Waals surface area contributed by atoms with E-state index in [0.717, 1.165) is 132 Å². The van der Waals surface area contributed by atoms with Gasteiger partial charge in [-0.05, 0) is 117 Å². The Morgan fingerprint density at radius 1 is 0.500 bits per heavy atom. The van der Waals surface area contributed by atoms with Gasteiger partial charge in [0.2, 0.25) is 11.8 Å². The molecule has 6 aromatic rings. The largest absolute Gasteiger partial charge is 0.851 e. The van der Waals surface area contributed by atoms with Crippen LogP contribution >= 0.6 is 0 Å². The molecule has 60 heavy (non-hydrogen) atoms. The van der Waals surface area contributed by atoms with Crippen LogP contribution in [-0.4, -0.2) is 50.2 Å². The maximum atomic E-state index is 15.3. The van der Waals surface area contributed by atoms with Crippen LogP contribution in [0.15, 0.2) is 84.9 Å². The van der Waals surface area contributed by atoms with Crippen LogP contribution < -0.4 is 30.6 Å². The Hall–Kier alpha value is -5.18. The first-order chi connectivity index (χ1) is 29.1. The average Bonchev–Trinajstić information content (AvgIpc) is 3.24. The zero-order valence-electron chi connectivity index (χ0n) is 36.4. The number of unbranched alkanes of at least 4 members (excludes halogenated alkanes) is 4. The summed E-state index contributed by atoms with van der Waals surface area (Å²) >= 11 is 0. The minimum atomic E-state index is -1.35. The maximum absolute atomic E-state index is 15.3. The minimum absolute atomic E-state index is 0.256. The van der Waals surface area contributed by atoms with Crippen molar-refractivity contribution in [3.8, 4) is 0 Å². The van der Waals surface area contributed by atoms with Gasteiger partial charge in [0.1, 0.15) is 0 Å². The summed E-state index contributed by atoms with van der Waals surface area (Å²) in [5.74, 6) is -2.40. The predicted octanol–water partition coefficient (Wildman–Crippen LogP) is 10.4. The van der Waals surface area contributed by atoms with E-state index >= 15 is 10.2 Å². The summed E-state index contributed by atoms with van der Waals surface area (Å²) < 4.78 is 0. The van der Waals surface area contributed by atoms with Gasteiger partial charge in [0.15, 0.2) is 0 Å². The Labute approximate surface area is 355 Å². The molecule has 8 heteroatoms. The third-order valence-corrected chi connectivity index (χ3v) is 12.6. The number of carbonyl (C=O) groups excluding carboxylic acids is 2. The average molecular weight is 807 g/mol. The Balaban J connectivity index is 1.45. The lowest BCUT2D eigenvalue weighted by atomic mass is 9.61. The van der Waals surface area contributed by atoms with Crippen LogP contribution in [0.3, 0.4) is 0 Å². The molecule has 2 amide bonds. The number of carbonyl (C=O) groups is 2. The summed E-state index contributed by atoms with van der Waals surface area (Å²) in [5, 5.41) is 44.6. The van der Waals surface area contributed by atoms with E-state index in [9.17, 15) is 9.59 Å². The third-order valence-electron chi connectivity index (χ3n) is 12.6. The van der Waals surface area contributed by atoms with Crippen molar-refractivity contribution in [2.45, 2.75) is 117 Å². The first-order valence-corrected chi connectivity index (χ1v) is 22.4. The molecule has 6 aromatic carbocycles. The van der Waals surface area contributed by atoms with Gasteiger partial charge < -0.3 is 30.6 Å². The number of hydrogen-bond acceptors (Lipinski definition) is 6. The fraction of sp³-hybridized carbons (Fsp3) is 0.423. The Morgan fingerprint density at radius 3 is 1.08 bits per heavy atom. The van der Waals surface area contributed by atoms with Crippen LogP contribution in [0.4, 0.5) is 22.7 Å². The van der Waals surface area contributed by atoms with Crippen molar-refractivity contribution in [1.29, 1.82) is 0 Å². The van der Waals surface area contributed by atoms with Gasteiger partial charge in [0, 0.05) is 73.5 Å². The summed E-state index contributed by atoms with van der Waals surface area (Å²) in [6.45, 7) is 15.2. The lowest BCUT2D eigenvalue weighted by Gasteiger charge is -2.62. The Morgan fingerprint density at radius 2 is 0.800 bits per heavy atom. The fourth-order valence-electron chi connectivity index (χ4n) is 9.49. The van der Waals surface area contributed by atoms with Crippen LogP contribution in [0, 0.1) is 0 Å². The van der Waals surface area contributed by atoms with Gasteiger partial charge in [-0.25, -0.2) is 0 Å². The second kappa shape index (κ2) is 19.0. The van der Waals surface area contributed by atoms with Crippen LogP contribution in [0.2, 0.25) is 0 Å². The second-order valence-electron chi connectivity index (χ2n) is 16.9. The molecule has 0 bridgehead atoms. The van der Waals surface area contributed by atoms with Crippen LogP contribution in [0.5, 0.6) is 0 Å². The second-order valence-corrected chi connectivity index (χ2v) is 16.9. The molecule has 8 nitrogen and oxygen atoms in total. The number of fused-ring (bicyclic) bond motifs is 4. The molecular weight excluding hydrogens is 745 g/mol. The number of benzene rings is 6. The van der Waals surface area contributed by atoms with E-state index in [2.05, 4.69) is 96.7 Å². The number of amides is 2. The van der Waals surface area contributed by atoms with Crippen molar-refractivity contribution in [3.05, 3.63) is 96.1 Å². The minimum Gasteiger partial charge on any atom is -0.851 e. The summed E-state index contributed by atoms with van der Waals surface area (Å²) in [7, 11) is 0. The van der Waals surface area contributed by atoms with E-state index in [1.54, 1.807) is 0 Å². The van der Waals surface area contributed by atoms with Crippen molar-refractivity contribution in [1.82, 2.24) is 0 Å². The van der Waals surface area contributed by atoms with Gasteiger partial charge in [0.25, 0.3) is 0 Å². The van der Waals surface area contributed by atoms with Crippen LogP contribution in [0.1, 0.15) is 116 Å². The number of nitrogens with one attached hydrogen (secondary N) is 2. The van der Waals surface area contributed by atoms with E-state index in [4.69, 9.17) is 0 Å². The fourth-order valence-corrected chi connectivity index (χ4v) is 9.49. The highest BCUT2D eigenvalue weighted by atomic mass is 16.3. The van der Waals surface area contributed by atoms with Crippen molar-refractivity contribution in [2.24, 2.45) is 0 Å². The van der Waals surface area contributed by atoms with Gasteiger partial charge in [-0.1, -0.05) is 102 Å². The molecule has 0 aliphatic heterocycles. The standard InChI is InChI=1S/C52H62N4O4/c1-7-11-23-55(24-12-8-2)45-31-43(53-33(5)57)47(41-29-37-21-17-15-19-35(37)27-39(41)45)49-51(59)50(52(49)60)48-42-30-38-22-18-16-20-36(38)28-40(42)46(32-44(48)54-34(6)58)56(25-13-9-3)26-14-10-4/h15-22,27-32,49-52H,7-14,23-26H2,1-6H3,(H,53,57)(H,54,58)/q-2. The molecule has 0 heterocycles. The van der Waals surface area contributed by atoms with Crippen molar-refractivity contribution in [3.63, 3.8) is 0 Å². The normalized spacial score (nSPS) is 17.6. The lowest BCUT2D eigenvalue weighted by molar-refractivity contribution is -0.535. The Kier molecular flexibility index (Phi) is 13.6. The summed E-state index contributed by atoms with van der Waals surface area (Å²) in [4.78, 5) is 30.8. The highest BCUT2D eigenvalue weighted by Gasteiger charge is 2.43. The first kappa shape index (κ1) is 42.9. The molecule has 0 spiro atoms. The van der Waals surface area contributed by atoms with E-state index in [-0.39, 0.29) is 11.8 Å². The molecule has 0 aromatic heterocycles. The number of hydrogen-bond donors (Lipinski definition) is 2. The quantitative estimate of drug-likeness (QED) is 0.0837. The molecule has 1 aliphatic rings. The van der Waals surface area contributed by atoms with Gasteiger partial charge in [-0.15, -0.1) is 12.2 Å². The zero-order chi connectivity index (χ0) is 42.5. The highest BCUT2D eigenvalue weighted by Crippen LogP contribution is 2.55. The number of anilines is 4. The van der Waals surface area contributed by atoms with E-state index < -0.39 is 24.0 Å². The monoisotopic (exact) mass is 806 g/mol. The van der Waals surface area contributed by atoms with Crippen molar-refractivity contribution >= 4 is 77.7 Å². The first-order valence-electron chi connectivity index (χ1n) is 22.4. The number of nitrogens with zero attached hydrogens (tertiary/aromatic N) is 2. The molecular formula is C52H62N4O4-2. The smallest absolute Gasteiger partial charge is 0.221 e. The molecule has 1 aliphatic carbocycles. The molecule has 2 N–H and O–H groups in total. The van der Waals surface area contributed by atoms with E-state index in [1.165, 1.54) is 13.8 Å². The SMILES string of the molecule is CCCCN(CCCC)c1cc(NC(C)=O)c(C2C([O-])C(c3c(NC(C)=O)cc(N(CCCC)CCCC)c4cc5ccccc5cc34)C2[O-])c2cc3ccccc3cc12. The van der Waals surface area contributed by atoms with E-state index in [1.807, 2.05) is 36.4 Å². The van der Waals surface area contributed by atoms with Crippen LogP contribution in [-0.2, 0) is 9.59 Å². The van der Waals surface area contributed by atoms with Gasteiger partial charge in [-0.3, -0.25) is 9.59 Å². The van der Waals surface area contributed by atoms with Gasteiger partial charge >= 0.3 is 0 Å². The zero-order valence-corrected chi connectivity index (χ0v) is 36.4. The van der Waals surface area contributed by atoms with Gasteiger partial charge in [0.05, 0.1) is 0 Å². The summed E-state index contributed by atoms with van der Waals surface area (Å²) in [6, 6.07) is 29.0. The molecule has 1 fully saturated rings. The highest BCUT2D eigenvalue weighted by molar-refractivity contribution is 6.11. The molecule has 0 radical (unpaired) electrons. The molecule has 316 valence electrons. The molecule has 0 atom stereocenters. The molecule has 0 saturated heterocycles. The maximum Gasteiger partial charge on any atom is 0.221 e. The van der Waals surface area contributed by atoms with Gasteiger partial charge in [-0.2, -0.15) is 0 Å². The lowest BCUT2D eigenvalue weighted by Crippen LogP contribution is -2.64. The molecule has 7 rings (SSSR count). The van der Waals surface area contributed by atoms with Crippen LogP contribution in [0.25, 0.3) is 43.1 Å².